The molecule has 0 spiro atoms. The molecule has 0 aliphatic carbocycles. The lowest BCUT2D eigenvalue weighted by Crippen LogP contribution is -2.27. The fourth-order valence-electron chi connectivity index (χ4n) is 1.95. The molecule has 0 radical (unpaired) electrons. The molecule has 2 aromatic rings. The average Bonchev–Trinajstić information content (AvgIpc) is 2.66. The molecule has 0 fully saturated rings. The molecule has 0 unspecified atom stereocenters. The van der Waals surface area contributed by atoms with E-state index in [0.29, 0.717) is 17.1 Å². The molecule has 0 saturated carbocycles. The van der Waals surface area contributed by atoms with Gasteiger partial charge in [-0.05, 0) is 55.5 Å². The van der Waals surface area contributed by atoms with E-state index in [1.807, 2.05) is 6.07 Å². The Labute approximate surface area is 146 Å². The van der Waals surface area contributed by atoms with Crippen LogP contribution in [-0.2, 0) is 9.53 Å². The summed E-state index contributed by atoms with van der Waals surface area (Å²) in [6.45, 7) is 1.96. The van der Waals surface area contributed by atoms with Crippen molar-refractivity contribution in [3.05, 3.63) is 54.1 Å². The number of rotatable bonds is 8. The Kier molecular flexibility index (Phi) is 6.66. The molecule has 0 N–H and O–H groups in total. The van der Waals surface area contributed by atoms with E-state index in [4.69, 9.17) is 24.2 Å². The fraction of sp³-hybridized carbons (Fsp3) is 0.263. The standard InChI is InChI=1S/C19H19NO5/c1-14(25-18-5-3-15(13-20)4-6-18)19(21)24-12-11-23-17-9-7-16(22-2)8-10-17/h3-10,14H,11-12H2,1-2H3/t14-/m0/s1. The van der Waals surface area contributed by atoms with Crippen molar-refractivity contribution in [1.29, 1.82) is 5.26 Å². The molecule has 0 saturated heterocycles. The summed E-state index contributed by atoms with van der Waals surface area (Å²) in [5.41, 5.74) is 0.526. The minimum absolute atomic E-state index is 0.117. The van der Waals surface area contributed by atoms with E-state index < -0.39 is 12.1 Å². The summed E-state index contributed by atoms with van der Waals surface area (Å²) in [6, 6.07) is 15.6. The lowest BCUT2D eigenvalue weighted by atomic mass is 10.2. The smallest absolute Gasteiger partial charge is 0.347 e. The average molecular weight is 341 g/mol. The second kappa shape index (κ2) is 9.18. The first-order valence-electron chi connectivity index (χ1n) is 7.72. The summed E-state index contributed by atoms with van der Waals surface area (Å²) in [5.74, 6) is 1.42. The highest BCUT2D eigenvalue weighted by Crippen LogP contribution is 2.17. The van der Waals surface area contributed by atoms with Gasteiger partial charge in [-0.15, -0.1) is 0 Å². The predicted molar refractivity (Wildman–Crippen MR) is 90.7 cm³/mol. The Morgan fingerprint density at radius 1 is 1.00 bits per heavy atom. The second-order valence-corrected chi connectivity index (χ2v) is 5.09. The quantitative estimate of drug-likeness (QED) is 0.543. The molecule has 6 heteroatoms. The van der Waals surface area contributed by atoms with Crippen LogP contribution in [0.3, 0.4) is 0 Å². The number of methoxy groups -OCH3 is 1. The summed E-state index contributed by atoms with van der Waals surface area (Å²) in [7, 11) is 1.59. The number of carbonyl (C=O) groups excluding carboxylic acids is 1. The number of carbonyl (C=O) groups is 1. The van der Waals surface area contributed by atoms with Crippen molar-refractivity contribution >= 4 is 5.97 Å². The van der Waals surface area contributed by atoms with Gasteiger partial charge in [0.25, 0.3) is 0 Å². The predicted octanol–water partition coefficient (Wildman–Crippen LogP) is 2.96. The van der Waals surface area contributed by atoms with Crippen LogP contribution in [0, 0.1) is 11.3 Å². The highest BCUT2D eigenvalue weighted by Gasteiger charge is 2.16. The number of hydrogen-bond acceptors (Lipinski definition) is 6. The molecule has 2 aromatic carbocycles. The van der Waals surface area contributed by atoms with E-state index in [0.717, 1.165) is 5.75 Å². The van der Waals surface area contributed by atoms with Gasteiger partial charge in [-0.1, -0.05) is 0 Å². The Morgan fingerprint density at radius 2 is 1.60 bits per heavy atom. The maximum absolute atomic E-state index is 11.9. The highest BCUT2D eigenvalue weighted by molar-refractivity contribution is 5.74. The van der Waals surface area contributed by atoms with Crippen LogP contribution < -0.4 is 14.2 Å². The Bertz CT molecular complexity index is 719. The normalized spacial score (nSPS) is 11.1. The largest absolute Gasteiger partial charge is 0.497 e. The lowest BCUT2D eigenvalue weighted by molar-refractivity contribution is -0.151. The molecule has 130 valence electrons. The van der Waals surface area contributed by atoms with E-state index in [-0.39, 0.29) is 13.2 Å². The zero-order chi connectivity index (χ0) is 18.1. The van der Waals surface area contributed by atoms with Gasteiger partial charge in [-0.3, -0.25) is 0 Å². The van der Waals surface area contributed by atoms with Gasteiger partial charge in [0.2, 0.25) is 0 Å². The summed E-state index contributed by atoms with van der Waals surface area (Å²) < 4.78 is 21.1. The third-order valence-electron chi connectivity index (χ3n) is 3.28. The minimum Gasteiger partial charge on any atom is -0.497 e. The topological polar surface area (TPSA) is 77.8 Å². The highest BCUT2D eigenvalue weighted by atomic mass is 16.6. The number of hydrogen-bond donors (Lipinski definition) is 0. The van der Waals surface area contributed by atoms with Crippen molar-refractivity contribution < 1.29 is 23.7 Å². The van der Waals surface area contributed by atoms with Gasteiger partial charge < -0.3 is 18.9 Å². The number of esters is 1. The molecule has 0 aliphatic rings. The number of nitriles is 1. The van der Waals surface area contributed by atoms with Crippen LogP contribution in [0.4, 0.5) is 0 Å². The third kappa shape index (κ3) is 5.74. The molecule has 0 bridgehead atoms. The Balaban J connectivity index is 1.70. The second-order valence-electron chi connectivity index (χ2n) is 5.09. The summed E-state index contributed by atoms with van der Waals surface area (Å²) in [5, 5.41) is 8.74. The molecular formula is C19H19NO5. The van der Waals surface area contributed by atoms with Crippen LogP contribution in [0.2, 0.25) is 0 Å². The van der Waals surface area contributed by atoms with Gasteiger partial charge in [0.15, 0.2) is 6.10 Å². The summed E-state index contributed by atoms with van der Waals surface area (Å²) >= 11 is 0. The van der Waals surface area contributed by atoms with Crippen LogP contribution >= 0.6 is 0 Å². The van der Waals surface area contributed by atoms with E-state index in [2.05, 4.69) is 0 Å². The van der Waals surface area contributed by atoms with Gasteiger partial charge in [-0.25, -0.2) is 4.79 Å². The molecule has 6 nitrogen and oxygen atoms in total. The zero-order valence-electron chi connectivity index (χ0n) is 14.1. The summed E-state index contributed by atoms with van der Waals surface area (Å²) in [6.07, 6.45) is -0.756. The van der Waals surface area contributed by atoms with E-state index in [1.54, 1.807) is 62.6 Å². The minimum atomic E-state index is -0.756. The fourth-order valence-corrected chi connectivity index (χ4v) is 1.95. The van der Waals surface area contributed by atoms with Crippen LogP contribution in [0.1, 0.15) is 12.5 Å². The number of benzene rings is 2. The zero-order valence-corrected chi connectivity index (χ0v) is 14.1. The maximum atomic E-state index is 11.9. The van der Waals surface area contributed by atoms with Crippen molar-refractivity contribution in [3.8, 4) is 23.3 Å². The SMILES string of the molecule is COc1ccc(OCCOC(=O)[C@H](C)Oc2ccc(C#N)cc2)cc1. The van der Waals surface area contributed by atoms with Gasteiger partial charge in [-0.2, -0.15) is 5.26 Å². The van der Waals surface area contributed by atoms with Crippen LogP contribution in [0.25, 0.3) is 0 Å². The van der Waals surface area contributed by atoms with Crippen molar-refractivity contribution in [3.63, 3.8) is 0 Å². The first-order chi connectivity index (χ1) is 12.1. The molecule has 1 atom stereocenters. The van der Waals surface area contributed by atoms with E-state index in [1.165, 1.54) is 0 Å². The van der Waals surface area contributed by atoms with Crippen molar-refractivity contribution in [2.24, 2.45) is 0 Å². The maximum Gasteiger partial charge on any atom is 0.347 e. The number of ether oxygens (including phenoxy) is 4. The van der Waals surface area contributed by atoms with E-state index in [9.17, 15) is 4.79 Å². The molecule has 25 heavy (non-hydrogen) atoms. The molecule has 0 amide bonds. The van der Waals surface area contributed by atoms with Gasteiger partial charge in [0.05, 0.1) is 18.7 Å². The van der Waals surface area contributed by atoms with Crippen LogP contribution in [0.15, 0.2) is 48.5 Å². The van der Waals surface area contributed by atoms with Crippen LogP contribution in [0.5, 0.6) is 17.2 Å². The molecule has 0 aromatic heterocycles. The van der Waals surface area contributed by atoms with Crippen molar-refractivity contribution in [2.75, 3.05) is 20.3 Å². The molecule has 2 rings (SSSR count). The first-order valence-corrected chi connectivity index (χ1v) is 7.72. The van der Waals surface area contributed by atoms with Crippen molar-refractivity contribution in [1.82, 2.24) is 0 Å². The lowest BCUT2D eigenvalue weighted by Gasteiger charge is -2.14. The molecule has 0 aliphatic heterocycles. The van der Waals surface area contributed by atoms with Gasteiger partial charge >= 0.3 is 5.97 Å². The van der Waals surface area contributed by atoms with Crippen LogP contribution in [-0.4, -0.2) is 32.4 Å². The molecular weight excluding hydrogens is 322 g/mol. The van der Waals surface area contributed by atoms with Crippen molar-refractivity contribution in [2.45, 2.75) is 13.0 Å². The summed E-state index contributed by atoms with van der Waals surface area (Å²) in [4.78, 5) is 11.9. The van der Waals surface area contributed by atoms with Gasteiger partial charge in [0, 0.05) is 0 Å². The monoisotopic (exact) mass is 341 g/mol. The molecule has 0 heterocycles. The first kappa shape index (κ1) is 18.1. The number of nitrogens with zero attached hydrogens (tertiary/aromatic N) is 1. The Hall–Kier alpha value is -3.20. The Morgan fingerprint density at radius 3 is 2.20 bits per heavy atom. The van der Waals surface area contributed by atoms with E-state index >= 15 is 0 Å². The van der Waals surface area contributed by atoms with Gasteiger partial charge in [0.1, 0.15) is 30.5 Å². The third-order valence-corrected chi connectivity index (χ3v) is 3.28.